The fraction of sp³-hybridized carbons (Fsp3) is 0.286. The molecule has 0 aliphatic heterocycles. The molecule has 4 rings (SSSR count). The Hall–Kier alpha value is -2.67. The third-order valence-corrected chi connectivity index (χ3v) is 5.59. The number of carbonyl (C=O) groups excluding carboxylic acids is 1. The zero-order chi connectivity index (χ0) is 19.5. The maximum absolute atomic E-state index is 12.9. The van der Waals surface area contributed by atoms with Crippen LogP contribution < -0.4 is 4.74 Å². The lowest BCUT2D eigenvalue weighted by Gasteiger charge is -2.09. The molecule has 5 nitrogen and oxygen atoms in total. The number of thioether (sulfide) groups is 1. The number of benzene rings is 2. The molecular formula is C21H19FN2O3S. The Morgan fingerprint density at radius 2 is 1.96 bits per heavy atom. The Morgan fingerprint density at radius 1 is 1.18 bits per heavy atom. The van der Waals surface area contributed by atoms with E-state index in [0.717, 1.165) is 24.8 Å². The molecule has 2 aromatic carbocycles. The lowest BCUT2D eigenvalue weighted by Crippen LogP contribution is -2.13. The smallest absolute Gasteiger partial charge is 0.277 e. The van der Waals surface area contributed by atoms with Crippen LogP contribution in [0.5, 0.6) is 5.75 Å². The minimum Gasteiger partial charge on any atom is -0.484 e. The number of ketones is 1. The van der Waals surface area contributed by atoms with Crippen LogP contribution in [0.4, 0.5) is 4.39 Å². The Kier molecular flexibility index (Phi) is 5.43. The van der Waals surface area contributed by atoms with E-state index in [4.69, 9.17) is 9.15 Å². The zero-order valence-electron chi connectivity index (χ0n) is 15.4. The van der Waals surface area contributed by atoms with Gasteiger partial charge in [0.1, 0.15) is 11.6 Å². The SMILES string of the molecule is CC(Sc1nnc(COc2ccc(F)cc2)o1)C(=O)c1ccc2c(c1)CCC2. The number of halogens is 1. The van der Waals surface area contributed by atoms with Crippen molar-refractivity contribution in [2.24, 2.45) is 0 Å². The van der Waals surface area contributed by atoms with Crippen molar-refractivity contribution >= 4 is 17.5 Å². The third kappa shape index (κ3) is 4.25. The zero-order valence-corrected chi connectivity index (χ0v) is 16.2. The van der Waals surface area contributed by atoms with Gasteiger partial charge in [0.05, 0.1) is 5.25 Å². The standard InChI is InChI=1S/C21H19FN2O3S/c1-13(20(25)16-6-5-14-3-2-4-15(14)11-16)28-21-24-23-19(27-21)12-26-18-9-7-17(22)8-10-18/h5-11,13H,2-4,12H2,1H3. The number of hydrogen-bond donors (Lipinski definition) is 0. The van der Waals surface area contributed by atoms with Crippen molar-refractivity contribution in [3.63, 3.8) is 0 Å². The number of aryl methyl sites for hydroxylation is 2. The number of fused-ring (bicyclic) bond motifs is 1. The van der Waals surface area contributed by atoms with Crippen LogP contribution in [0.1, 0.15) is 40.7 Å². The summed E-state index contributed by atoms with van der Waals surface area (Å²) in [5, 5.41) is 7.88. The minimum atomic E-state index is -0.342. The highest BCUT2D eigenvalue weighted by Crippen LogP contribution is 2.28. The van der Waals surface area contributed by atoms with Crippen molar-refractivity contribution in [3.05, 3.63) is 70.9 Å². The second kappa shape index (κ2) is 8.14. The Bertz CT molecular complexity index is 988. The van der Waals surface area contributed by atoms with E-state index in [1.807, 2.05) is 19.1 Å². The summed E-state index contributed by atoms with van der Waals surface area (Å²) < 4.78 is 23.9. The number of hydrogen-bond acceptors (Lipinski definition) is 6. The number of nitrogens with zero attached hydrogens (tertiary/aromatic N) is 2. The van der Waals surface area contributed by atoms with E-state index in [1.54, 1.807) is 0 Å². The van der Waals surface area contributed by atoms with E-state index in [-0.39, 0.29) is 23.5 Å². The molecule has 3 aromatic rings. The van der Waals surface area contributed by atoms with Gasteiger partial charge in [-0.05, 0) is 67.6 Å². The second-order valence-electron chi connectivity index (χ2n) is 6.67. The molecule has 1 atom stereocenters. The van der Waals surface area contributed by atoms with Crippen LogP contribution in [0.3, 0.4) is 0 Å². The Morgan fingerprint density at radius 3 is 2.79 bits per heavy atom. The molecule has 1 unspecified atom stereocenters. The van der Waals surface area contributed by atoms with Crippen LogP contribution in [0, 0.1) is 5.82 Å². The van der Waals surface area contributed by atoms with Crippen LogP contribution >= 0.6 is 11.8 Å². The van der Waals surface area contributed by atoms with E-state index in [1.165, 1.54) is 47.2 Å². The highest BCUT2D eigenvalue weighted by Gasteiger charge is 2.21. The van der Waals surface area contributed by atoms with Gasteiger partial charge in [-0.15, -0.1) is 10.2 Å². The van der Waals surface area contributed by atoms with Gasteiger partial charge in [-0.3, -0.25) is 4.79 Å². The maximum atomic E-state index is 12.9. The summed E-state index contributed by atoms with van der Waals surface area (Å²) in [6.07, 6.45) is 3.29. The summed E-state index contributed by atoms with van der Waals surface area (Å²) in [5.41, 5.74) is 3.35. The number of Topliss-reactive ketones (excluding diaryl/α,β-unsaturated/α-hetero) is 1. The highest BCUT2D eigenvalue weighted by atomic mass is 32.2. The number of aromatic nitrogens is 2. The summed E-state index contributed by atoms with van der Waals surface area (Å²) in [4.78, 5) is 12.7. The molecule has 144 valence electrons. The minimum absolute atomic E-state index is 0.0435. The number of ether oxygens (including phenoxy) is 1. The molecule has 0 spiro atoms. The fourth-order valence-corrected chi connectivity index (χ4v) is 3.96. The molecule has 28 heavy (non-hydrogen) atoms. The molecule has 1 heterocycles. The van der Waals surface area contributed by atoms with Crippen molar-refractivity contribution in [3.8, 4) is 5.75 Å². The first-order valence-electron chi connectivity index (χ1n) is 9.12. The lowest BCUT2D eigenvalue weighted by molar-refractivity contribution is 0.0993. The molecule has 0 amide bonds. The molecule has 0 saturated carbocycles. The van der Waals surface area contributed by atoms with Gasteiger partial charge in [-0.25, -0.2) is 4.39 Å². The fourth-order valence-electron chi connectivity index (χ4n) is 3.18. The normalized spacial score (nSPS) is 13.9. The van der Waals surface area contributed by atoms with Gasteiger partial charge in [0, 0.05) is 5.56 Å². The summed E-state index contributed by atoms with van der Waals surface area (Å²) in [7, 11) is 0. The maximum Gasteiger partial charge on any atom is 0.277 e. The Balaban J connectivity index is 1.35. The number of carbonyl (C=O) groups is 1. The van der Waals surface area contributed by atoms with Crippen molar-refractivity contribution in [2.75, 3.05) is 0 Å². The lowest BCUT2D eigenvalue weighted by atomic mass is 10.0. The van der Waals surface area contributed by atoms with Gasteiger partial charge in [-0.1, -0.05) is 23.9 Å². The van der Waals surface area contributed by atoms with E-state index in [0.29, 0.717) is 16.9 Å². The van der Waals surface area contributed by atoms with Crippen LogP contribution in [0.15, 0.2) is 52.1 Å². The first kappa shape index (κ1) is 18.7. The van der Waals surface area contributed by atoms with Crippen LogP contribution in [-0.4, -0.2) is 21.2 Å². The monoisotopic (exact) mass is 398 g/mol. The molecule has 1 aliphatic rings. The average molecular weight is 398 g/mol. The summed E-state index contributed by atoms with van der Waals surface area (Å²) in [5.74, 6) is 0.519. The van der Waals surface area contributed by atoms with Gasteiger partial charge in [-0.2, -0.15) is 0 Å². The summed E-state index contributed by atoms with van der Waals surface area (Å²) in [6, 6.07) is 11.7. The van der Waals surface area contributed by atoms with Crippen LogP contribution in [0.25, 0.3) is 0 Å². The van der Waals surface area contributed by atoms with Gasteiger partial charge in [0.2, 0.25) is 0 Å². The second-order valence-corrected chi connectivity index (χ2v) is 7.96. The van der Waals surface area contributed by atoms with E-state index >= 15 is 0 Å². The molecule has 0 bridgehead atoms. The topological polar surface area (TPSA) is 65.2 Å². The van der Waals surface area contributed by atoms with Gasteiger partial charge < -0.3 is 9.15 Å². The van der Waals surface area contributed by atoms with E-state index in [9.17, 15) is 9.18 Å². The first-order valence-corrected chi connectivity index (χ1v) is 10.00. The van der Waals surface area contributed by atoms with Crippen LogP contribution in [0.2, 0.25) is 0 Å². The van der Waals surface area contributed by atoms with Crippen molar-refractivity contribution in [2.45, 2.75) is 43.3 Å². The van der Waals surface area contributed by atoms with Crippen LogP contribution in [-0.2, 0) is 19.4 Å². The largest absolute Gasteiger partial charge is 0.484 e. The molecule has 0 fully saturated rings. The summed E-state index contributed by atoms with van der Waals surface area (Å²) >= 11 is 1.23. The van der Waals surface area contributed by atoms with Crippen molar-refractivity contribution in [1.82, 2.24) is 10.2 Å². The molecule has 7 heteroatoms. The quantitative estimate of drug-likeness (QED) is 0.427. The number of rotatable bonds is 7. The van der Waals surface area contributed by atoms with E-state index < -0.39 is 0 Å². The summed E-state index contributed by atoms with van der Waals surface area (Å²) in [6.45, 7) is 1.91. The predicted molar refractivity (Wildman–Crippen MR) is 103 cm³/mol. The molecule has 1 aliphatic carbocycles. The predicted octanol–water partition coefficient (Wildman–Crippen LogP) is 4.64. The molecular weight excluding hydrogens is 379 g/mol. The van der Waals surface area contributed by atoms with Crippen molar-refractivity contribution < 1.29 is 18.3 Å². The van der Waals surface area contributed by atoms with Gasteiger partial charge >= 0.3 is 0 Å². The third-order valence-electron chi connectivity index (χ3n) is 4.65. The molecule has 0 N–H and O–H groups in total. The van der Waals surface area contributed by atoms with Gasteiger partial charge in [0.25, 0.3) is 11.1 Å². The van der Waals surface area contributed by atoms with E-state index in [2.05, 4.69) is 16.3 Å². The first-order chi connectivity index (χ1) is 13.6. The average Bonchev–Trinajstić information content (AvgIpc) is 3.35. The Labute approximate surface area is 166 Å². The van der Waals surface area contributed by atoms with Gasteiger partial charge in [0.15, 0.2) is 12.4 Å². The van der Waals surface area contributed by atoms with Crippen molar-refractivity contribution in [1.29, 1.82) is 0 Å². The molecule has 1 aromatic heterocycles. The molecule has 0 saturated heterocycles. The molecule has 0 radical (unpaired) electrons. The highest BCUT2D eigenvalue weighted by molar-refractivity contribution is 8.00.